The van der Waals surface area contributed by atoms with Gasteiger partial charge in [-0.15, -0.1) is 0 Å². The number of hydrogen-bond acceptors (Lipinski definition) is 1. The molecule has 1 rings (SSSR count). The van der Waals surface area contributed by atoms with Crippen molar-refractivity contribution < 1.29 is 23.1 Å². The van der Waals surface area contributed by atoms with Crippen LogP contribution in [0.25, 0.3) is 0 Å². The molecule has 0 heterocycles. The first-order chi connectivity index (χ1) is 6.50. The lowest BCUT2D eigenvalue weighted by atomic mass is 10.2. The van der Waals surface area contributed by atoms with Crippen molar-refractivity contribution >= 4 is 5.97 Å². The fourth-order valence-corrected chi connectivity index (χ4v) is 0.753. The average molecular weight is 200 g/mol. The first kappa shape index (κ1) is 10.1. The van der Waals surface area contributed by atoms with Gasteiger partial charge in [0.05, 0.1) is 0 Å². The minimum atomic E-state index is -1.61. The molecule has 0 saturated carbocycles. The molecule has 0 amide bonds. The van der Waals surface area contributed by atoms with Crippen LogP contribution < -0.4 is 0 Å². The van der Waals surface area contributed by atoms with E-state index < -0.39 is 23.4 Å². The van der Waals surface area contributed by atoms with Crippen molar-refractivity contribution in [2.24, 2.45) is 0 Å². The van der Waals surface area contributed by atoms with Crippen LogP contribution in [0.3, 0.4) is 0 Å². The quantitative estimate of drug-likeness (QED) is 0.509. The smallest absolute Gasteiger partial charge is 0.382 e. The normalized spacial score (nSPS) is 9.07. The van der Waals surface area contributed by atoms with E-state index in [0.29, 0.717) is 12.1 Å². The number of carboxylic acids is 1. The maximum absolute atomic E-state index is 12.5. The van der Waals surface area contributed by atoms with Crippen LogP contribution >= 0.6 is 0 Å². The highest BCUT2D eigenvalue weighted by Gasteiger charge is 2.09. The third-order valence-corrected chi connectivity index (χ3v) is 1.30. The summed E-state index contributed by atoms with van der Waals surface area (Å²) in [5.41, 5.74) is -0.233. The third-order valence-electron chi connectivity index (χ3n) is 1.30. The molecule has 0 aliphatic heterocycles. The summed E-state index contributed by atoms with van der Waals surface area (Å²) in [7, 11) is 0. The van der Waals surface area contributed by atoms with Crippen LogP contribution in [0.5, 0.6) is 0 Å². The lowest BCUT2D eigenvalue weighted by Crippen LogP contribution is -1.93. The molecule has 0 aliphatic carbocycles. The Bertz CT molecular complexity index is 420. The van der Waals surface area contributed by atoms with Crippen LogP contribution in [0.2, 0.25) is 0 Å². The zero-order valence-corrected chi connectivity index (χ0v) is 6.64. The highest BCUT2D eigenvalue weighted by atomic mass is 19.2. The Labute approximate surface area is 77.0 Å². The third kappa shape index (κ3) is 2.26. The molecule has 72 valence electrons. The molecule has 1 aromatic carbocycles. The molecular weight excluding hydrogens is 197 g/mol. The maximum atomic E-state index is 12.5. The highest BCUT2D eigenvalue weighted by molar-refractivity contribution is 5.87. The van der Waals surface area contributed by atoms with E-state index in [0.717, 1.165) is 0 Å². The molecule has 14 heavy (non-hydrogen) atoms. The summed E-state index contributed by atoms with van der Waals surface area (Å²) in [6.07, 6.45) is 0. The van der Waals surface area contributed by atoms with Gasteiger partial charge < -0.3 is 5.11 Å². The Balaban J connectivity index is 3.15. The molecule has 0 unspecified atom stereocenters. The molecule has 0 fully saturated rings. The van der Waals surface area contributed by atoms with Gasteiger partial charge in [0, 0.05) is 11.5 Å². The van der Waals surface area contributed by atoms with Gasteiger partial charge in [-0.25, -0.2) is 18.0 Å². The molecule has 2 nitrogen and oxygen atoms in total. The molecule has 0 radical (unpaired) electrons. The van der Waals surface area contributed by atoms with Gasteiger partial charge in [-0.1, -0.05) is 5.92 Å². The zero-order valence-electron chi connectivity index (χ0n) is 6.64. The van der Waals surface area contributed by atoms with E-state index in [4.69, 9.17) is 5.11 Å². The Morgan fingerprint density at radius 3 is 2.14 bits per heavy atom. The minimum absolute atomic E-state index is 0.233. The standard InChI is InChI=1S/C9H3F3O2/c10-6-3-5(1-2-8(13)14)4-7(11)9(6)12/h3-4H,(H,13,14). The van der Waals surface area contributed by atoms with Gasteiger partial charge in [-0.3, -0.25) is 0 Å². The predicted octanol–water partition coefficient (Wildman–Crippen LogP) is 1.54. The molecule has 0 aliphatic rings. The second-order valence-electron chi connectivity index (χ2n) is 2.31. The van der Waals surface area contributed by atoms with Gasteiger partial charge in [-0.2, -0.15) is 0 Å². The van der Waals surface area contributed by atoms with Gasteiger partial charge in [0.25, 0.3) is 0 Å². The van der Waals surface area contributed by atoms with Crippen molar-refractivity contribution in [1.29, 1.82) is 0 Å². The molecule has 0 aromatic heterocycles. The topological polar surface area (TPSA) is 37.3 Å². The van der Waals surface area contributed by atoms with Crippen molar-refractivity contribution in [3.05, 3.63) is 35.1 Å². The summed E-state index contributed by atoms with van der Waals surface area (Å²) in [6.45, 7) is 0. The van der Waals surface area contributed by atoms with E-state index in [1.165, 1.54) is 0 Å². The number of aliphatic carboxylic acids is 1. The van der Waals surface area contributed by atoms with E-state index in [1.807, 2.05) is 5.92 Å². The van der Waals surface area contributed by atoms with Crippen molar-refractivity contribution in [3.63, 3.8) is 0 Å². The fourth-order valence-electron chi connectivity index (χ4n) is 0.753. The number of benzene rings is 1. The summed E-state index contributed by atoms with van der Waals surface area (Å²) in [5, 5.41) is 8.13. The molecule has 0 atom stereocenters. The number of carbonyl (C=O) groups is 1. The van der Waals surface area contributed by atoms with E-state index in [9.17, 15) is 18.0 Å². The molecule has 5 heteroatoms. The second kappa shape index (κ2) is 3.83. The molecular formula is C9H3F3O2. The van der Waals surface area contributed by atoms with E-state index >= 15 is 0 Å². The fraction of sp³-hybridized carbons (Fsp3) is 0. The van der Waals surface area contributed by atoms with Gasteiger partial charge in [0.1, 0.15) is 0 Å². The van der Waals surface area contributed by atoms with Crippen molar-refractivity contribution in [2.75, 3.05) is 0 Å². The predicted molar refractivity (Wildman–Crippen MR) is 40.8 cm³/mol. The first-order valence-electron chi connectivity index (χ1n) is 3.40. The lowest BCUT2D eigenvalue weighted by Gasteiger charge is -1.95. The van der Waals surface area contributed by atoms with E-state index in [-0.39, 0.29) is 5.56 Å². The van der Waals surface area contributed by atoms with Crippen molar-refractivity contribution in [3.8, 4) is 11.8 Å². The van der Waals surface area contributed by atoms with E-state index in [2.05, 4.69) is 0 Å². The number of carboxylic acid groups (broad SMARTS) is 1. The molecule has 0 saturated heterocycles. The van der Waals surface area contributed by atoms with Gasteiger partial charge in [0.15, 0.2) is 17.5 Å². The van der Waals surface area contributed by atoms with Crippen LogP contribution in [0, 0.1) is 29.3 Å². The Hall–Kier alpha value is -1.96. The summed E-state index contributed by atoms with van der Waals surface area (Å²) in [4.78, 5) is 9.97. The largest absolute Gasteiger partial charge is 0.472 e. The summed E-state index contributed by atoms with van der Waals surface area (Å²) >= 11 is 0. The monoisotopic (exact) mass is 200 g/mol. The zero-order chi connectivity index (χ0) is 10.7. The number of rotatable bonds is 0. The Morgan fingerprint density at radius 1 is 1.21 bits per heavy atom. The van der Waals surface area contributed by atoms with Crippen LogP contribution in [0.4, 0.5) is 13.2 Å². The first-order valence-corrected chi connectivity index (χ1v) is 3.40. The van der Waals surface area contributed by atoms with Gasteiger partial charge in [0.2, 0.25) is 0 Å². The van der Waals surface area contributed by atoms with Crippen LogP contribution in [-0.2, 0) is 4.79 Å². The van der Waals surface area contributed by atoms with Crippen LogP contribution in [0.15, 0.2) is 12.1 Å². The lowest BCUT2D eigenvalue weighted by molar-refractivity contribution is -0.130. The van der Waals surface area contributed by atoms with Crippen molar-refractivity contribution in [1.82, 2.24) is 0 Å². The summed E-state index contributed by atoms with van der Waals surface area (Å²) in [6, 6.07) is 1.24. The SMILES string of the molecule is O=C(O)C#Cc1cc(F)c(F)c(F)c1. The molecule has 1 N–H and O–H groups in total. The van der Waals surface area contributed by atoms with Crippen LogP contribution in [0.1, 0.15) is 5.56 Å². The summed E-state index contributed by atoms with van der Waals surface area (Å²) < 4.78 is 37.5. The average Bonchev–Trinajstić information content (AvgIpc) is 2.10. The molecule has 0 spiro atoms. The maximum Gasteiger partial charge on any atom is 0.382 e. The van der Waals surface area contributed by atoms with Crippen molar-refractivity contribution in [2.45, 2.75) is 0 Å². The van der Waals surface area contributed by atoms with Gasteiger partial charge in [-0.05, 0) is 12.1 Å². The Kier molecular flexibility index (Phi) is 2.77. The summed E-state index contributed by atoms with van der Waals surface area (Å²) in [5.74, 6) is -2.24. The minimum Gasteiger partial charge on any atom is -0.472 e. The van der Waals surface area contributed by atoms with Crippen LogP contribution in [-0.4, -0.2) is 11.1 Å². The Morgan fingerprint density at radius 2 is 1.71 bits per heavy atom. The number of halogens is 3. The molecule has 0 bridgehead atoms. The van der Waals surface area contributed by atoms with E-state index in [1.54, 1.807) is 5.92 Å². The highest BCUT2D eigenvalue weighted by Crippen LogP contribution is 2.12. The van der Waals surface area contributed by atoms with Gasteiger partial charge >= 0.3 is 5.97 Å². The second-order valence-corrected chi connectivity index (χ2v) is 2.31. The number of hydrogen-bond donors (Lipinski definition) is 1. The molecule has 1 aromatic rings.